The second-order valence-electron chi connectivity index (χ2n) is 6.16. The smallest absolute Gasteiger partial charge is 0.223 e. The van der Waals surface area contributed by atoms with Crippen LogP contribution < -0.4 is 9.47 Å². The molecule has 0 aromatic heterocycles. The summed E-state index contributed by atoms with van der Waals surface area (Å²) in [5, 5.41) is 0. The van der Waals surface area contributed by atoms with E-state index in [2.05, 4.69) is 0 Å². The highest BCUT2D eigenvalue weighted by Gasteiger charge is 2.23. The van der Waals surface area contributed by atoms with Crippen LogP contribution in [0.25, 0.3) is 0 Å². The third-order valence-corrected chi connectivity index (χ3v) is 4.28. The van der Waals surface area contributed by atoms with E-state index in [-0.39, 0.29) is 12.0 Å². The molecule has 3 rings (SSSR count). The first kappa shape index (κ1) is 16.4. The monoisotopic (exact) mass is 325 g/mol. The molecule has 4 nitrogen and oxygen atoms in total. The molecule has 0 bridgehead atoms. The van der Waals surface area contributed by atoms with Crippen LogP contribution in [0.15, 0.2) is 48.5 Å². The van der Waals surface area contributed by atoms with E-state index >= 15 is 0 Å². The Morgan fingerprint density at radius 2 is 1.96 bits per heavy atom. The minimum atomic E-state index is -0.00131. The van der Waals surface area contributed by atoms with Crippen molar-refractivity contribution in [3.05, 3.63) is 59.7 Å². The summed E-state index contributed by atoms with van der Waals surface area (Å²) >= 11 is 0. The van der Waals surface area contributed by atoms with Gasteiger partial charge in [-0.3, -0.25) is 4.79 Å². The molecule has 0 spiro atoms. The van der Waals surface area contributed by atoms with Gasteiger partial charge in [0.1, 0.15) is 17.6 Å². The van der Waals surface area contributed by atoms with Crippen LogP contribution in [0.1, 0.15) is 24.5 Å². The highest BCUT2D eigenvalue weighted by Crippen LogP contribution is 2.25. The maximum Gasteiger partial charge on any atom is 0.223 e. The molecular formula is C20H23NO3. The molecule has 1 unspecified atom stereocenters. The molecule has 1 amide bonds. The normalized spacial score (nSPS) is 16.8. The summed E-state index contributed by atoms with van der Waals surface area (Å²) in [5.74, 6) is 1.88. The van der Waals surface area contributed by atoms with Gasteiger partial charge in [0.2, 0.25) is 5.91 Å². The summed E-state index contributed by atoms with van der Waals surface area (Å²) < 4.78 is 11.1. The Kier molecular flexibility index (Phi) is 5.04. The highest BCUT2D eigenvalue weighted by atomic mass is 16.5. The molecule has 0 N–H and O–H groups in total. The lowest BCUT2D eigenvalue weighted by Crippen LogP contribution is -2.36. The summed E-state index contributed by atoms with van der Waals surface area (Å²) in [7, 11) is 1.65. The van der Waals surface area contributed by atoms with Crippen molar-refractivity contribution in [2.75, 3.05) is 13.7 Å². The van der Waals surface area contributed by atoms with Gasteiger partial charge in [-0.1, -0.05) is 30.3 Å². The Labute approximate surface area is 143 Å². The predicted molar refractivity (Wildman–Crippen MR) is 93.3 cm³/mol. The average Bonchev–Trinajstić information content (AvgIpc) is 2.78. The topological polar surface area (TPSA) is 38.8 Å². The summed E-state index contributed by atoms with van der Waals surface area (Å²) in [6.07, 6.45) is 1.23. The van der Waals surface area contributed by atoms with Crippen molar-refractivity contribution in [3.63, 3.8) is 0 Å². The molecule has 1 aliphatic rings. The zero-order chi connectivity index (χ0) is 16.9. The minimum absolute atomic E-state index is 0.00131. The molecule has 0 saturated carbocycles. The molecule has 1 aliphatic heterocycles. The highest BCUT2D eigenvalue weighted by molar-refractivity contribution is 5.76. The fourth-order valence-corrected chi connectivity index (χ4v) is 2.98. The number of hydrogen-bond donors (Lipinski definition) is 0. The molecule has 2 aromatic carbocycles. The first-order chi connectivity index (χ1) is 11.7. The Hall–Kier alpha value is -2.49. The van der Waals surface area contributed by atoms with Gasteiger partial charge in [0, 0.05) is 18.5 Å². The number of hydrogen-bond acceptors (Lipinski definition) is 3. The van der Waals surface area contributed by atoms with Gasteiger partial charge in [-0.25, -0.2) is 0 Å². The van der Waals surface area contributed by atoms with Crippen LogP contribution in [-0.2, 0) is 17.8 Å². The van der Waals surface area contributed by atoms with Crippen molar-refractivity contribution in [2.24, 2.45) is 0 Å². The van der Waals surface area contributed by atoms with Crippen LogP contribution in [0.4, 0.5) is 0 Å². The number of amides is 1. The van der Waals surface area contributed by atoms with E-state index in [1.54, 1.807) is 7.11 Å². The molecule has 4 heteroatoms. The largest absolute Gasteiger partial charge is 0.497 e. The van der Waals surface area contributed by atoms with Gasteiger partial charge in [0.25, 0.3) is 0 Å². The van der Waals surface area contributed by atoms with Crippen molar-refractivity contribution in [3.8, 4) is 11.5 Å². The van der Waals surface area contributed by atoms with Crippen molar-refractivity contribution < 1.29 is 14.3 Å². The predicted octanol–water partition coefficient (Wildman–Crippen LogP) is 3.44. The molecular weight excluding hydrogens is 302 g/mol. The van der Waals surface area contributed by atoms with E-state index in [0.29, 0.717) is 19.5 Å². The number of rotatable bonds is 4. The van der Waals surface area contributed by atoms with Crippen LogP contribution in [0.5, 0.6) is 11.5 Å². The molecule has 1 atom stereocenters. The number of aryl methyl sites for hydroxylation is 1. The zero-order valence-corrected chi connectivity index (χ0v) is 14.2. The van der Waals surface area contributed by atoms with E-state index in [4.69, 9.17) is 9.47 Å². The van der Waals surface area contributed by atoms with Gasteiger partial charge < -0.3 is 14.4 Å². The Bertz CT molecular complexity index is 696. The minimum Gasteiger partial charge on any atom is -0.497 e. The summed E-state index contributed by atoms with van der Waals surface area (Å²) in [5.41, 5.74) is 2.21. The van der Waals surface area contributed by atoms with Crippen molar-refractivity contribution in [2.45, 2.75) is 32.4 Å². The van der Waals surface area contributed by atoms with Crippen molar-refractivity contribution in [1.29, 1.82) is 0 Å². The van der Waals surface area contributed by atoms with Crippen LogP contribution in [0.3, 0.4) is 0 Å². The maximum absolute atomic E-state index is 12.6. The standard InChI is InChI=1S/C20H23NO3/c1-15-13-21(14-17-5-3-4-6-19(17)24-15)20(22)12-9-16-7-10-18(23-2)11-8-16/h3-8,10-11,15H,9,12-14H2,1-2H3. The van der Waals surface area contributed by atoms with E-state index in [9.17, 15) is 4.79 Å². The number of fused-ring (bicyclic) bond motifs is 1. The molecule has 126 valence electrons. The van der Waals surface area contributed by atoms with E-state index in [1.165, 1.54) is 0 Å². The fraction of sp³-hybridized carbons (Fsp3) is 0.350. The van der Waals surface area contributed by atoms with Gasteiger partial charge in [0.05, 0.1) is 13.7 Å². The van der Waals surface area contributed by atoms with Gasteiger partial charge in [-0.05, 0) is 37.1 Å². The second-order valence-corrected chi connectivity index (χ2v) is 6.16. The lowest BCUT2D eigenvalue weighted by atomic mass is 10.1. The van der Waals surface area contributed by atoms with Crippen molar-refractivity contribution >= 4 is 5.91 Å². The number of para-hydroxylation sites is 1. The lowest BCUT2D eigenvalue weighted by molar-refractivity contribution is -0.132. The van der Waals surface area contributed by atoms with E-state index in [0.717, 1.165) is 29.0 Å². The quantitative estimate of drug-likeness (QED) is 0.864. The van der Waals surface area contributed by atoms with Crippen LogP contribution in [0.2, 0.25) is 0 Å². The summed E-state index contributed by atoms with van der Waals surface area (Å²) in [6, 6.07) is 15.8. The molecule has 24 heavy (non-hydrogen) atoms. The number of carbonyl (C=O) groups excluding carboxylic acids is 1. The summed E-state index contributed by atoms with van der Waals surface area (Å²) in [6.45, 7) is 3.24. The zero-order valence-electron chi connectivity index (χ0n) is 14.2. The van der Waals surface area contributed by atoms with Crippen LogP contribution >= 0.6 is 0 Å². The number of carbonyl (C=O) groups is 1. The third-order valence-electron chi connectivity index (χ3n) is 4.28. The van der Waals surface area contributed by atoms with Crippen LogP contribution in [0, 0.1) is 0 Å². The molecule has 0 fully saturated rings. The van der Waals surface area contributed by atoms with Gasteiger partial charge in [0.15, 0.2) is 0 Å². The average molecular weight is 325 g/mol. The summed E-state index contributed by atoms with van der Waals surface area (Å²) in [4.78, 5) is 14.6. The number of methoxy groups -OCH3 is 1. The number of ether oxygens (including phenoxy) is 2. The molecule has 1 heterocycles. The van der Waals surface area contributed by atoms with Crippen LogP contribution in [-0.4, -0.2) is 30.6 Å². The Morgan fingerprint density at radius 3 is 2.71 bits per heavy atom. The van der Waals surface area contributed by atoms with Gasteiger partial charge in [-0.15, -0.1) is 0 Å². The first-order valence-electron chi connectivity index (χ1n) is 8.31. The molecule has 0 saturated heterocycles. The second kappa shape index (κ2) is 7.39. The van der Waals surface area contributed by atoms with Crippen molar-refractivity contribution in [1.82, 2.24) is 4.90 Å². The van der Waals surface area contributed by atoms with Gasteiger partial charge in [-0.2, -0.15) is 0 Å². The fourth-order valence-electron chi connectivity index (χ4n) is 2.98. The molecule has 0 radical (unpaired) electrons. The lowest BCUT2D eigenvalue weighted by Gasteiger charge is -2.22. The maximum atomic E-state index is 12.6. The Morgan fingerprint density at radius 1 is 1.21 bits per heavy atom. The third kappa shape index (κ3) is 3.88. The SMILES string of the molecule is COc1ccc(CCC(=O)N2Cc3ccccc3OC(C)C2)cc1. The van der Waals surface area contributed by atoms with E-state index < -0.39 is 0 Å². The number of nitrogens with zero attached hydrogens (tertiary/aromatic N) is 1. The number of benzene rings is 2. The first-order valence-corrected chi connectivity index (χ1v) is 8.31. The molecule has 2 aromatic rings. The van der Waals surface area contributed by atoms with Gasteiger partial charge >= 0.3 is 0 Å². The molecule has 0 aliphatic carbocycles. The Balaban J connectivity index is 1.63. The van der Waals surface area contributed by atoms with E-state index in [1.807, 2.05) is 60.4 Å².